The standard InChI is InChI=1S/C10H10Te/c1-8-4-5-9-3-2-6-11-10(9)7-8/h2-5,7H,6H2,1H3. The van der Waals surface area contributed by atoms with Crippen LogP contribution in [-0.4, -0.2) is 20.9 Å². The summed E-state index contributed by atoms with van der Waals surface area (Å²) in [5.41, 5.74) is 2.87. The molecule has 56 valence electrons. The molecule has 0 saturated heterocycles. The number of rotatable bonds is 0. The molecule has 1 aliphatic heterocycles. The number of benzene rings is 1. The van der Waals surface area contributed by atoms with E-state index in [1.54, 1.807) is 3.61 Å². The van der Waals surface area contributed by atoms with Gasteiger partial charge in [-0.2, -0.15) is 0 Å². The molecule has 1 aliphatic rings. The summed E-state index contributed by atoms with van der Waals surface area (Å²) in [6, 6.07) is 6.79. The van der Waals surface area contributed by atoms with Crippen molar-refractivity contribution in [3.05, 3.63) is 35.4 Å². The number of allylic oxidation sites excluding steroid dienone is 1. The molecule has 0 unspecified atom stereocenters. The fourth-order valence-corrected chi connectivity index (χ4v) is 3.91. The predicted octanol–water partition coefficient (Wildman–Crippen LogP) is 1.77. The Balaban J connectivity index is 2.53. The summed E-state index contributed by atoms with van der Waals surface area (Å²) >= 11 is 0.123. The third-order valence-electron chi connectivity index (χ3n) is 1.80. The van der Waals surface area contributed by atoms with Gasteiger partial charge in [0.15, 0.2) is 0 Å². The first-order valence-electron chi connectivity index (χ1n) is 3.76. The fraction of sp³-hybridized carbons (Fsp3) is 0.200. The molecular formula is C10H10Te. The Morgan fingerprint density at radius 3 is 3.18 bits per heavy atom. The second kappa shape index (κ2) is 3.01. The van der Waals surface area contributed by atoms with Crippen LogP contribution < -0.4 is 3.61 Å². The van der Waals surface area contributed by atoms with Crippen LogP contribution in [-0.2, 0) is 0 Å². The van der Waals surface area contributed by atoms with Crippen molar-refractivity contribution in [1.29, 1.82) is 0 Å². The minimum atomic E-state index is 0.123. The van der Waals surface area contributed by atoms with Crippen LogP contribution >= 0.6 is 0 Å². The van der Waals surface area contributed by atoms with Crippen LogP contribution in [0.3, 0.4) is 0 Å². The average molecular weight is 258 g/mol. The van der Waals surface area contributed by atoms with E-state index in [9.17, 15) is 0 Å². The zero-order valence-electron chi connectivity index (χ0n) is 6.50. The Bertz CT molecular complexity index is 300. The summed E-state index contributed by atoms with van der Waals surface area (Å²) in [4.78, 5) is 0. The van der Waals surface area contributed by atoms with Crippen LogP contribution in [0.5, 0.6) is 0 Å². The fourth-order valence-electron chi connectivity index (χ4n) is 1.22. The monoisotopic (exact) mass is 260 g/mol. The summed E-state index contributed by atoms with van der Waals surface area (Å²) in [7, 11) is 0. The van der Waals surface area contributed by atoms with Crippen molar-refractivity contribution in [2.24, 2.45) is 0 Å². The van der Waals surface area contributed by atoms with Crippen molar-refractivity contribution in [1.82, 2.24) is 0 Å². The Morgan fingerprint density at radius 2 is 2.27 bits per heavy atom. The predicted molar refractivity (Wildman–Crippen MR) is 50.4 cm³/mol. The van der Waals surface area contributed by atoms with Gasteiger partial charge in [0.2, 0.25) is 0 Å². The number of hydrogen-bond donors (Lipinski definition) is 0. The van der Waals surface area contributed by atoms with Gasteiger partial charge in [0.1, 0.15) is 0 Å². The van der Waals surface area contributed by atoms with Crippen molar-refractivity contribution >= 4 is 30.6 Å². The molecule has 0 aliphatic carbocycles. The van der Waals surface area contributed by atoms with E-state index in [-0.39, 0.29) is 20.9 Å². The Labute approximate surface area is 77.4 Å². The molecule has 1 heteroatoms. The van der Waals surface area contributed by atoms with Crippen LogP contribution in [0.2, 0.25) is 4.47 Å². The van der Waals surface area contributed by atoms with Crippen LogP contribution in [0, 0.1) is 6.92 Å². The molecule has 0 radical (unpaired) electrons. The number of aryl methyl sites for hydroxylation is 1. The van der Waals surface area contributed by atoms with E-state index >= 15 is 0 Å². The summed E-state index contributed by atoms with van der Waals surface area (Å²) in [5, 5.41) is 0. The SMILES string of the molecule is Cc1ccc2c(c1)[Te]CC=C2. The van der Waals surface area contributed by atoms with E-state index in [2.05, 4.69) is 37.3 Å². The molecule has 0 atom stereocenters. The van der Waals surface area contributed by atoms with Gasteiger partial charge in [0, 0.05) is 0 Å². The van der Waals surface area contributed by atoms with E-state index < -0.39 is 0 Å². The van der Waals surface area contributed by atoms with Crippen molar-refractivity contribution in [2.75, 3.05) is 0 Å². The van der Waals surface area contributed by atoms with E-state index in [0.29, 0.717) is 0 Å². The number of hydrogen-bond acceptors (Lipinski definition) is 0. The Hall–Kier alpha value is -0.250. The van der Waals surface area contributed by atoms with E-state index in [1.807, 2.05) is 0 Å². The zero-order valence-corrected chi connectivity index (χ0v) is 8.83. The van der Waals surface area contributed by atoms with Gasteiger partial charge in [0.05, 0.1) is 0 Å². The quantitative estimate of drug-likeness (QED) is 0.622. The molecular weight excluding hydrogens is 248 g/mol. The summed E-state index contributed by atoms with van der Waals surface area (Å²) in [5.74, 6) is 0. The van der Waals surface area contributed by atoms with Crippen molar-refractivity contribution in [2.45, 2.75) is 11.4 Å². The van der Waals surface area contributed by atoms with Gasteiger partial charge in [-0.25, -0.2) is 0 Å². The van der Waals surface area contributed by atoms with E-state index in [0.717, 1.165) is 0 Å². The van der Waals surface area contributed by atoms with Crippen LogP contribution in [0.1, 0.15) is 11.1 Å². The summed E-state index contributed by atoms with van der Waals surface area (Å²) in [6.07, 6.45) is 4.56. The third-order valence-corrected chi connectivity index (χ3v) is 4.72. The maximum absolute atomic E-state index is 2.35. The topological polar surface area (TPSA) is 0 Å². The molecule has 0 amide bonds. The van der Waals surface area contributed by atoms with Crippen molar-refractivity contribution in [3.8, 4) is 0 Å². The molecule has 1 aromatic rings. The Kier molecular flexibility index (Phi) is 2.02. The Morgan fingerprint density at radius 1 is 1.36 bits per heavy atom. The molecule has 0 saturated carbocycles. The first-order chi connectivity index (χ1) is 5.36. The van der Waals surface area contributed by atoms with Gasteiger partial charge in [-0.05, 0) is 0 Å². The summed E-state index contributed by atoms with van der Waals surface area (Å²) < 4.78 is 2.97. The van der Waals surface area contributed by atoms with Crippen LogP contribution in [0.25, 0.3) is 6.08 Å². The van der Waals surface area contributed by atoms with Crippen LogP contribution in [0.15, 0.2) is 24.3 Å². The van der Waals surface area contributed by atoms with Crippen molar-refractivity contribution < 1.29 is 0 Å². The second-order valence-corrected chi connectivity index (χ2v) is 5.79. The molecule has 0 N–H and O–H groups in total. The first kappa shape index (κ1) is 7.40. The third kappa shape index (κ3) is 1.50. The molecule has 1 aromatic carbocycles. The van der Waals surface area contributed by atoms with Gasteiger partial charge < -0.3 is 0 Å². The molecule has 1 heterocycles. The van der Waals surface area contributed by atoms with Gasteiger partial charge in [-0.3, -0.25) is 0 Å². The van der Waals surface area contributed by atoms with E-state index in [4.69, 9.17) is 0 Å². The maximum atomic E-state index is 2.35. The van der Waals surface area contributed by atoms with Crippen molar-refractivity contribution in [3.63, 3.8) is 0 Å². The molecule has 0 spiro atoms. The van der Waals surface area contributed by atoms with Crippen LogP contribution in [0.4, 0.5) is 0 Å². The van der Waals surface area contributed by atoms with Gasteiger partial charge >= 0.3 is 77.4 Å². The number of fused-ring (bicyclic) bond motifs is 1. The molecule has 0 bridgehead atoms. The van der Waals surface area contributed by atoms with E-state index in [1.165, 1.54) is 15.6 Å². The molecule has 0 fully saturated rings. The molecule has 0 aromatic heterocycles. The van der Waals surface area contributed by atoms with Gasteiger partial charge in [-0.1, -0.05) is 0 Å². The summed E-state index contributed by atoms with van der Waals surface area (Å²) in [6.45, 7) is 2.17. The first-order valence-corrected chi connectivity index (χ1v) is 6.57. The van der Waals surface area contributed by atoms with Gasteiger partial charge in [0.25, 0.3) is 0 Å². The molecule has 0 nitrogen and oxygen atoms in total. The normalized spacial score (nSPS) is 14.6. The molecule has 11 heavy (non-hydrogen) atoms. The second-order valence-electron chi connectivity index (χ2n) is 2.75. The minimum absolute atomic E-state index is 0.123. The average Bonchev–Trinajstić information content (AvgIpc) is 2.04. The van der Waals surface area contributed by atoms with Gasteiger partial charge in [-0.15, -0.1) is 0 Å². The molecule has 2 rings (SSSR count). The zero-order chi connectivity index (χ0) is 7.68.